The van der Waals surface area contributed by atoms with Gasteiger partial charge in [0.15, 0.2) is 5.82 Å². The van der Waals surface area contributed by atoms with Crippen LogP contribution in [0.15, 0.2) is 42.6 Å². The van der Waals surface area contributed by atoms with E-state index >= 15 is 0 Å². The molecule has 0 bridgehead atoms. The zero-order chi connectivity index (χ0) is 29.2. The number of carbonyl (C=O) groups excluding carboxylic acids is 2. The first-order valence-corrected chi connectivity index (χ1v) is 13.4. The molecular formula is C28H30Cl2FN5O4. The Labute approximate surface area is 242 Å². The Kier molecular flexibility index (Phi) is 8.70. The van der Waals surface area contributed by atoms with E-state index in [0.29, 0.717) is 43.0 Å². The van der Waals surface area contributed by atoms with Crippen molar-refractivity contribution in [2.75, 3.05) is 31.9 Å². The van der Waals surface area contributed by atoms with Crippen LogP contribution < -0.4 is 10.5 Å². The van der Waals surface area contributed by atoms with Gasteiger partial charge in [-0.3, -0.25) is 4.79 Å². The van der Waals surface area contributed by atoms with Crippen LogP contribution >= 0.6 is 23.2 Å². The average molecular weight is 590 g/mol. The van der Waals surface area contributed by atoms with Gasteiger partial charge in [-0.25, -0.2) is 19.2 Å². The summed E-state index contributed by atoms with van der Waals surface area (Å²) in [4.78, 5) is 37.3. The van der Waals surface area contributed by atoms with Crippen molar-refractivity contribution in [3.8, 4) is 17.1 Å². The van der Waals surface area contributed by atoms with Crippen LogP contribution in [-0.2, 0) is 4.74 Å². The second-order valence-electron chi connectivity index (χ2n) is 10.3. The molecule has 12 heteroatoms. The van der Waals surface area contributed by atoms with E-state index in [9.17, 15) is 14.0 Å². The molecule has 212 valence electrons. The number of nitrogens with zero attached hydrogens (tertiary/aromatic N) is 4. The van der Waals surface area contributed by atoms with Crippen molar-refractivity contribution >= 4 is 41.0 Å². The summed E-state index contributed by atoms with van der Waals surface area (Å²) in [5.74, 6) is -0.690. The molecule has 2 aromatic carbocycles. The number of halogens is 3. The molecule has 1 atom stereocenters. The fourth-order valence-corrected chi connectivity index (χ4v) is 4.81. The fourth-order valence-electron chi connectivity index (χ4n) is 4.13. The number of anilines is 1. The van der Waals surface area contributed by atoms with E-state index in [1.165, 1.54) is 18.3 Å². The van der Waals surface area contributed by atoms with Crippen LogP contribution in [0.4, 0.5) is 15.0 Å². The van der Waals surface area contributed by atoms with Crippen LogP contribution in [0, 0.1) is 5.82 Å². The lowest BCUT2D eigenvalue weighted by atomic mass is 10.1. The lowest BCUT2D eigenvalue weighted by Gasteiger charge is -2.35. The molecule has 2 heterocycles. The highest BCUT2D eigenvalue weighted by molar-refractivity contribution is 6.36. The second-order valence-corrected chi connectivity index (χ2v) is 11.1. The Morgan fingerprint density at radius 1 is 1.02 bits per heavy atom. The minimum Gasteiger partial charge on any atom is -0.467 e. The molecule has 1 fully saturated rings. The van der Waals surface area contributed by atoms with Crippen molar-refractivity contribution in [3.63, 3.8) is 0 Å². The fraction of sp³-hybridized carbons (Fsp3) is 0.357. The lowest BCUT2D eigenvalue weighted by molar-refractivity contribution is 0.0141. The van der Waals surface area contributed by atoms with Gasteiger partial charge in [0, 0.05) is 47.9 Å². The van der Waals surface area contributed by atoms with Gasteiger partial charge in [-0.2, -0.15) is 0 Å². The summed E-state index contributed by atoms with van der Waals surface area (Å²) < 4.78 is 25.3. The Morgan fingerprint density at radius 3 is 2.27 bits per heavy atom. The number of nitrogen functional groups attached to an aromatic ring is 1. The highest BCUT2D eigenvalue weighted by Crippen LogP contribution is 2.35. The molecule has 1 aliphatic heterocycles. The second kappa shape index (κ2) is 11.9. The maximum atomic E-state index is 14.0. The number of amides is 2. The molecule has 3 aromatic rings. The number of piperazine rings is 1. The molecule has 0 aliphatic carbocycles. The minimum absolute atomic E-state index is 0.0319. The third-order valence-electron chi connectivity index (χ3n) is 6.19. The Balaban J connectivity index is 1.43. The maximum absolute atomic E-state index is 14.0. The van der Waals surface area contributed by atoms with Gasteiger partial charge in [-0.15, -0.1) is 0 Å². The Morgan fingerprint density at radius 2 is 1.65 bits per heavy atom. The van der Waals surface area contributed by atoms with E-state index in [4.69, 9.17) is 38.4 Å². The van der Waals surface area contributed by atoms with E-state index in [-0.39, 0.29) is 39.3 Å². The summed E-state index contributed by atoms with van der Waals surface area (Å²) in [5.41, 5.74) is 7.31. The van der Waals surface area contributed by atoms with Crippen LogP contribution in [0.1, 0.15) is 49.7 Å². The molecular weight excluding hydrogens is 560 g/mol. The van der Waals surface area contributed by atoms with Crippen molar-refractivity contribution in [1.29, 1.82) is 0 Å². The molecule has 2 N–H and O–H groups in total. The molecule has 40 heavy (non-hydrogen) atoms. The standard InChI is InChI=1S/C28H30Cl2FN5O4/c1-16(22-19(29)9-10-20(31)23(22)30)39-25-24(32)33-15-21(34-25)17-5-7-18(8-6-17)26(37)35-11-13-36(14-12-35)27(38)40-28(2,3)4/h5-10,15-16H,11-14H2,1-4H3,(H2,32,33)/t16-/m1/s1. The van der Waals surface area contributed by atoms with Gasteiger partial charge >= 0.3 is 6.09 Å². The zero-order valence-corrected chi connectivity index (χ0v) is 24.1. The van der Waals surface area contributed by atoms with Crippen LogP contribution in [0.25, 0.3) is 11.3 Å². The molecule has 1 aromatic heterocycles. The number of ether oxygens (including phenoxy) is 2. The van der Waals surface area contributed by atoms with Gasteiger partial charge in [0.25, 0.3) is 11.8 Å². The summed E-state index contributed by atoms with van der Waals surface area (Å²) in [6, 6.07) is 9.47. The van der Waals surface area contributed by atoms with E-state index < -0.39 is 17.5 Å². The number of rotatable bonds is 5. The van der Waals surface area contributed by atoms with E-state index in [2.05, 4.69) is 9.97 Å². The lowest BCUT2D eigenvalue weighted by Crippen LogP contribution is -2.51. The number of carbonyl (C=O) groups is 2. The molecule has 0 saturated carbocycles. The van der Waals surface area contributed by atoms with Crippen LogP contribution in [0.2, 0.25) is 10.0 Å². The van der Waals surface area contributed by atoms with Crippen molar-refractivity contribution in [3.05, 3.63) is 69.6 Å². The number of aromatic nitrogens is 2. The topological polar surface area (TPSA) is 111 Å². The van der Waals surface area contributed by atoms with Crippen LogP contribution in [0.5, 0.6) is 5.88 Å². The first kappa shape index (κ1) is 29.4. The number of nitrogens with two attached hydrogens (primary N) is 1. The Bertz CT molecular complexity index is 1410. The summed E-state index contributed by atoms with van der Waals surface area (Å²) in [7, 11) is 0. The van der Waals surface area contributed by atoms with E-state index in [0.717, 1.165) is 0 Å². The number of hydrogen-bond donors (Lipinski definition) is 1. The molecule has 0 unspecified atom stereocenters. The highest BCUT2D eigenvalue weighted by atomic mass is 35.5. The largest absolute Gasteiger partial charge is 0.467 e. The summed E-state index contributed by atoms with van der Waals surface area (Å²) in [6.45, 7) is 8.70. The molecule has 1 aliphatic rings. The van der Waals surface area contributed by atoms with Gasteiger partial charge in [0.05, 0.1) is 16.9 Å². The summed E-state index contributed by atoms with van der Waals surface area (Å²) in [6.07, 6.45) is 0.341. The summed E-state index contributed by atoms with van der Waals surface area (Å²) >= 11 is 12.3. The van der Waals surface area contributed by atoms with E-state index in [1.807, 2.05) is 20.8 Å². The van der Waals surface area contributed by atoms with Gasteiger partial charge in [-0.1, -0.05) is 35.3 Å². The van der Waals surface area contributed by atoms with Gasteiger partial charge in [0.1, 0.15) is 17.5 Å². The monoisotopic (exact) mass is 589 g/mol. The van der Waals surface area contributed by atoms with Gasteiger partial charge < -0.3 is 25.0 Å². The van der Waals surface area contributed by atoms with Gasteiger partial charge in [-0.05, 0) is 52.0 Å². The average Bonchev–Trinajstić information content (AvgIpc) is 2.91. The predicted molar refractivity (Wildman–Crippen MR) is 151 cm³/mol. The quantitative estimate of drug-likeness (QED) is 0.363. The molecule has 4 rings (SSSR count). The maximum Gasteiger partial charge on any atom is 0.410 e. The minimum atomic E-state index is -0.765. The number of hydrogen-bond acceptors (Lipinski definition) is 7. The zero-order valence-electron chi connectivity index (χ0n) is 22.6. The van der Waals surface area contributed by atoms with Gasteiger partial charge in [0.2, 0.25) is 0 Å². The summed E-state index contributed by atoms with van der Waals surface area (Å²) in [5, 5.41) is 0.0993. The molecule has 2 amide bonds. The molecule has 9 nitrogen and oxygen atoms in total. The van der Waals surface area contributed by atoms with Crippen molar-refractivity contribution < 1.29 is 23.5 Å². The SMILES string of the molecule is C[C@@H](Oc1nc(-c2ccc(C(=O)N3CCN(C(=O)OC(C)(C)C)CC3)cc2)cnc1N)c1c(Cl)ccc(F)c1Cl. The highest BCUT2D eigenvalue weighted by Gasteiger charge is 2.28. The molecule has 0 spiro atoms. The smallest absolute Gasteiger partial charge is 0.410 e. The third-order valence-corrected chi connectivity index (χ3v) is 6.90. The van der Waals surface area contributed by atoms with E-state index in [1.54, 1.807) is 41.0 Å². The van der Waals surface area contributed by atoms with Crippen LogP contribution in [0.3, 0.4) is 0 Å². The normalized spacial score (nSPS) is 14.6. The van der Waals surface area contributed by atoms with Crippen molar-refractivity contribution in [2.24, 2.45) is 0 Å². The Hall–Kier alpha value is -3.63. The van der Waals surface area contributed by atoms with Crippen molar-refractivity contribution in [1.82, 2.24) is 19.8 Å². The first-order chi connectivity index (χ1) is 18.8. The predicted octanol–water partition coefficient (Wildman–Crippen LogP) is 6.00. The first-order valence-electron chi connectivity index (χ1n) is 12.6. The number of benzene rings is 2. The third kappa shape index (κ3) is 6.74. The molecule has 0 radical (unpaired) electrons. The van der Waals surface area contributed by atoms with Crippen LogP contribution in [-0.4, -0.2) is 63.5 Å². The molecule has 1 saturated heterocycles. The van der Waals surface area contributed by atoms with Crippen molar-refractivity contribution in [2.45, 2.75) is 39.4 Å².